The number of carbonyl (C=O) groups excluding carboxylic acids is 1. The summed E-state index contributed by atoms with van der Waals surface area (Å²) in [5.41, 5.74) is 6.57. The minimum absolute atomic E-state index is 0.0129. The first kappa shape index (κ1) is 18.2. The van der Waals surface area contributed by atoms with Gasteiger partial charge in [0.05, 0.1) is 11.0 Å². The van der Waals surface area contributed by atoms with E-state index in [-0.39, 0.29) is 11.3 Å². The van der Waals surface area contributed by atoms with Crippen LogP contribution in [0.15, 0.2) is 54.9 Å². The molecule has 0 aliphatic heterocycles. The summed E-state index contributed by atoms with van der Waals surface area (Å²) in [5, 5.41) is 2.91. The van der Waals surface area contributed by atoms with Gasteiger partial charge in [-0.15, -0.1) is 0 Å². The Morgan fingerprint density at radius 1 is 1.11 bits per heavy atom. The average Bonchev–Trinajstić information content (AvgIpc) is 3.16. The van der Waals surface area contributed by atoms with E-state index in [1.54, 1.807) is 6.20 Å². The van der Waals surface area contributed by atoms with Crippen molar-refractivity contribution in [2.75, 3.05) is 5.32 Å². The molecule has 0 saturated heterocycles. The predicted molar refractivity (Wildman–Crippen MR) is 114 cm³/mol. The summed E-state index contributed by atoms with van der Waals surface area (Å²) in [6.45, 7) is 8.45. The Morgan fingerprint density at radius 3 is 2.54 bits per heavy atom. The van der Waals surface area contributed by atoms with Crippen LogP contribution in [-0.2, 0) is 10.2 Å². The normalized spacial score (nSPS) is 11.9. The zero-order valence-electron chi connectivity index (χ0n) is 16.7. The lowest BCUT2D eigenvalue weighted by atomic mass is 9.86. The van der Waals surface area contributed by atoms with Crippen molar-refractivity contribution < 1.29 is 4.79 Å². The number of amides is 1. The van der Waals surface area contributed by atoms with Crippen molar-refractivity contribution in [2.24, 2.45) is 0 Å². The Hall–Kier alpha value is -3.21. The molecule has 0 fully saturated rings. The molecular formula is C23H24N4O. The van der Waals surface area contributed by atoms with Gasteiger partial charge in [0.15, 0.2) is 5.65 Å². The molecule has 4 aromatic rings. The maximum atomic E-state index is 11.7. The van der Waals surface area contributed by atoms with Gasteiger partial charge >= 0.3 is 0 Å². The zero-order chi connectivity index (χ0) is 19.9. The van der Waals surface area contributed by atoms with E-state index in [0.717, 1.165) is 33.6 Å². The summed E-state index contributed by atoms with van der Waals surface area (Å²) >= 11 is 0. The molecule has 0 spiro atoms. The predicted octanol–water partition coefficient (Wildman–Crippen LogP) is 5.20. The van der Waals surface area contributed by atoms with Crippen molar-refractivity contribution in [1.29, 1.82) is 0 Å². The van der Waals surface area contributed by atoms with E-state index in [1.807, 2.05) is 35.7 Å². The SMILES string of the molecule is CCC(=O)Nc1ccc2c(c1)nc(-c1ccc(C(C)(C)C)cc1)c1nccn12. The van der Waals surface area contributed by atoms with Crippen LogP contribution in [0.25, 0.3) is 27.9 Å². The summed E-state index contributed by atoms with van der Waals surface area (Å²) in [6.07, 6.45) is 4.17. The number of hydrogen-bond acceptors (Lipinski definition) is 3. The fraction of sp³-hybridized carbons (Fsp3) is 0.261. The minimum Gasteiger partial charge on any atom is -0.326 e. The third-order valence-corrected chi connectivity index (χ3v) is 4.95. The molecule has 0 bridgehead atoms. The molecule has 28 heavy (non-hydrogen) atoms. The topological polar surface area (TPSA) is 59.3 Å². The van der Waals surface area contributed by atoms with E-state index in [4.69, 9.17) is 4.98 Å². The molecule has 0 aliphatic carbocycles. The van der Waals surface area contributed by atoms with Gasteiger partial charge < -0.3 is 5.32 Å². The quantitative estimate of drug-likeness (QED) is 0.538. The van der Waals surface area contributed by atoms with Crippen molar-refractivity contribution in [3.05, 3.63) is 60.4 Å². The van der Waals surface area contributed by atoms with Gasteiger partial charge in [-0.25, -0.2) is 9.97 Å². The van der Waals surface area contributed by atoms with Crippen molar-refractivity contribution in [3.63, 3.8) is 0 Å². The van der Waals surface area contributed by atoms with Gasteiger partial charge in [0.2, 0.25) is 5.91 Å². The number of fused-ring (bicyclic) bond motifs is 3. The van der Waals surface area contributed by atoms with Gasteiger partial charge in [0.25, 0.3) is 0 Å². The molecule has 1 amide bonds. The van der Waals surface area contributed by atoms with Crippen LogP contribution in [0.1, 0.15) is 39.7 Å². The van der Waals surface area contributed by atoms with E-state index in [9.17, 15) is 4.79 Å². The fourth-order valence-corrected chi connectivity index (χ4v) is 3.31. The number of imidazole rings is 1. The Kier molecular flexibility index (Phi) is 4.38. The summed E-state index contributed by atoms with van der Waals surface area (Å²) in [6, 6.07) is 14.3. The number of hydrogen-bond donors (Lipinski definition) is 1. The molecule has 5 nitrogen and oxygen atoms in total. The molecule has 0 aliphatic rings. The Labute approximate surface area is 164 Å². The third kappa shape index (κ3) is 3.24. The molecule has 0 saturated carbocycles. The number of nitrogens with one attached hydrogen (secondary N) is 1. The van der Waals surface area contributed by atoms with Gasteiger partial charge in [-0.3, -0.25) is 9.20 Å². The summed E-state index contributed by atoms with van der Waals surface area (Å²) in [7, 11) is 0. The lowest BCUT2D eigenvalue weighted by Gasteiger charge is -2.19. The van der Waals surface area contributed by atoms with Gasteiger partial charge in [0, 0.05) is 30.1 Å². The first-order chi connectivity index (χ1) is 13.4. The summed E-state index contributed by atoms with van der Waals surface area (Å²) in [4.78, 5) is 21.2. The molecular weight excluding hydrogens is 348 g/mol. The van der Waals surface area contributed by atoms with Gasteiger partial charge in [0.1, 0.15) is 5.69 Å². The first-order valence-electron chi connectivity index (χ1n) is 9.54. The number of rotatable bonds is 3. The smallest absolute Gasteiger partial charge is 0.224 e. The maximum Gasteiger partial charge on any atom is 0.224 e. The van der Waals surface area contributed by atoms with Gasteiger partial charge in [-0.05, 0) is 29.2 Å². The highest BCUT2D eigenvalue weighted by Crippen LogP contribution is 2.29. The van der Waals surface area contributed by atoms with Crippen molar-refractivity contribution in [2.45, 2.75) is 39.5 Å². The van der Waals surface area contributed by atoms with Crippen LogP contribution < -0.4 is 5.32 Å². The average molecular weight is 372 g/mol. The minimum atomic E-state index is -0.0129. The van der Waals surface area contributed by atoms with Crippen LogP contribution in [0.5, 0.6) is 0 Å². The Morgan fingerprint density at radius 2 is 1.86 bits per heavy atom. The third-order valence-electron chi connectivity index (χ3n) is 4.95. The molecule has 1 N–H and O–H groups in total. The van der Waals surface area contributed by atoms with Crippen LogP contribution in [0.2, 0.25) is 0 Å². The van der Waals surface area contributed by atoms with Crippen molar-refractivity contribution in [1.82, 2.24) is 14.4 Å². The van der Waals surface area contributed by atoms with Crippen molar-refractivity contribution >= 4 is 28.3 Å². The second-order valence-corrected chi connectivity index (χ2v) is 8.01. The second-order valence-electron chi connectivity index (χ2n) is 8.01. The van der Waals surface area contributed by atoms with E-state index >= 15 is 0 Å². The van der Waals surface area contributed by atoms with Crippen LogP contribution >= 0.6 is 0 Å². The molecule has 142 valence electrons. The molecule has 2 aromatic carbocycles. The molecule has 0 unspecified atom stereocenters. The number of aromatic nitrogens is 3. The lowest BCUT2D eigenvalue weighted by Crippen LogP contribution is -2.10. The number of nitrogens with zero attached hydrogens (tertiary/aromatic N) is 3. The van der Waals surface area contributed by atoms with Crippen LogP contribution in [0, 0.1) is 0 Å². The Balaban J connectivity index is 1.87. The Bertz CT molecular complexity index is 1170. The van der Waals surface area contributed by atoms with Crippen LogP contribution in [0.4, 0.5) is 5.69 Å². The van der Waals surface area contributed by atoms with E-state index in [0.29, 0.717) is 6.42 Å². The second kappa shape index (κ2) is 6.75. The highest BCUT2D eigenvalue weighted by Gasteiger charge is 2.16. The molecule has 0 atom stereocenters. The fourth-order valence-electron chi connectivity index (χ4n) is 3.31. The number of anilines is 1. The monoisotopic (exact) mass is 372 g/mol. The van der Waals surface area contributed by atoms with Gasteiger partial charge in [-0.2, -0.15) is 0 Å². The summed E-state index contributed by atoms with van der Waals surface area (Å²) < 4.78 is 2.04. The molecule has 2 heterocycles. The zero-order valence-corrected chi connectivity index (χ0v) is 16.7. The van der Waals surface area contributed by atoms with E-state index in [2.05, 4.69) is 55.3 Å². The van der Waals surface area contributed by atoms with E-state index in [1.165, 1.54) is 5.56 Å². The van der Waals surface area contributed by atoms with Crippen molar-refractivity contribution in [3.8, 4) is 11.3 Å². The highest BCUT2D eigenvalue weighted by atomic mass is 16.1. The standard InChI is InChI=1S/C23H24N4O/c1-5-20(28)25-17-10-11-19-18(14-17)26-21(22-24-12-13-27(19)22)15-6-8-16(9-7-15)23(2,3)4/h6-14H,5H2,1-4H3,(H,25,28). The molecule has 2 aromatic heterocycles. The highest BCUT2D eigenvalue weighted by molar-refractivity contribution is 5.94. The molecule has 0 radical (unpaired) electrons. The van der Waals surface area contributed by atoms with E-state index < -0.39 is 0 Å². The van der Waals surface area contributed by atoms with Gasteiger partial charge in [-0.1, -0.05) is 52.0 Å². The first-order valence-corrected chi connectivity index (χ1v) is 9.54. The largest absolute Gasteiger partial charge is 0.326 e. The van der Waals surface area contributed by atoms with Crippen LogP contribution in [0.3, 0.4) is 0 Å². The lowest BCUT2D eigenvalue weighted by molar-refractivity contribution is -0.115. The molecule has 5 heteroatoms. The van der Waals surface area contributed by atoms with Crippen LogP contribution in [-0.4, -0.2) is 20.3 Å². The summed E-state index contributed by atoms with van der Waals surface area (Å²) in [5.74, 6) is -0.0129. The number of benzene rings is 2. The maximum absolute atomic E-state index is 11.7. The number of carbonyl (C=O) groups is 1. The molecule has 4 rings (SSSR count).